The van der Waals surface area contributed by atoms with Crippen molar-refractivity contribution in [3.63, 3.8) is 0 Å². The third kappa shape index (κ3) is 0.877. The van der Waals surface area contributed by atoms with Crippen LogP contribution in [0.2, 0.25) is 0 Å². The van der Waals surface area contributed by atoms with Gasteiger partial charge in [-0.15, -0.1) is 0 Å². The van der Waals surface area contributed by atoms with Crippen molar-refractivity contribution in [3.05, 3.63) is 11.3 Å². The standard InChI is InChI=1S/C6H7NO3/c1-3-5(6(7)9)4(8)2-10-3/h2H2,1H3,(H2,7,9). The van der Waals surface area contributed by atoms with Crippen LogP contribution in [0.3, 0.4) is 0 Å². The minimum Gasteiger partial charge on any atom is -0.489 e. The van der Waals surface area contributed by atoms with Crippen LogP contribution in [0.5, 0.6) is 0 Å². The van der Waals surface area contributed by atoms with Crippen molar-refractivity contribution in [2.75, 3.05) is 6.61 Å². The molecule has 4 heteroatoms. The van der Waals surface area contributed by atoms with Crippen LogP contribution in [0.1, 0.15) is 6.92 Å². The Hall–Kier alpha value is -1.32. The van der Waals surface area contributed by atoms with Gasteiger partial charge in [0, 0.05) is 0 Å². The molecule has 54 valence electrons. The summed E-state index contributed by atoms with van der Waals surface area (Å²) in [5.74, 6) is -0.706. The Kier molecular flexibility index (Phi) is 1.45. The van der Waals surface area contributed by atoms with Crippen LogP contribution in [0.15, 0.2) is 11.3 Å². The molecule has 0 saturated heterocycles. The van der Waals surface area contributed by atoms with Crippen LogP contribution in [-0.4, -0.2) is 18.3 Å². The second kappa shape index (κ2) is 2.13. The number of hydrogen-bond acceptors (Lipinski definition) is 3. The zero-order valence-corrected chi connectivity index (χ0v) is 5.51. The van der Waals surface area contributed by atoms with Gasteiger partial charge in [-0.2, -0.15) is 0 Å². The van der Waals surface area contributed by atoms with Gasteiger partial charge in [0.1, 0.15) is 11.3 Å². The topological polar surface area (TPSA) is 69.4 Å². The van der Waals surface area contributed by atoms with Gasteiger partial charge in [0.2, 0.25) is 5.78 Å². The van der Waals surface area contributed by atoms with E-state index in [-0.39, 0.29) is 18.0 Å². The van der Waals surface area contributed by atoms with E-state index in [2.05, 4.69) is 0 Å². The maximum absolute atomic E-state index is 10.7. The van der Waals surface area contributed by atoms with Crippen LogP contribution in [0.25, 0.3) is 0 Å². The van der Waals surface area contributed by atoms with E-state index in [1.807, 2.05) is 0 Å². The smallest absolute Gasteiger partial charge is 0.255 e. The fraction of sp³-hybridized carbons (Fsp3) is 0.333. The highest BCUT2D eigenvalue weighted by molar-refractivity contribution is 6.20. The van der Waals surface area contributed by atoms with Gasteiger partial charge < -0.3 is 10.5 Å². The maximum atomic E-state index is 10.7. The van der Waals surface area contributed by atoms with Gasteiger partial charge in [-0.1, -0.05) is 0 Å². The number of primary amides is 1. The van der Waals surface area contributed by atoms with Gasteiger partial charge in [0.05, 0.1) is 0 Å². The number of amides is 1. The number of hydrogen-bond donors (Lipinski definition) is 1. The molecule has 0 bridgehead atoms. The number of ketones is 1. The van der Waals surface area contributed by atoms with Gasteiger partial charge >= 0.3 is 0 Å². The number of nitrogens with two attached hydrogens (primary N) is 1. The van der Waals surface area contributed by atoms with Crippen molar-refractivity contribution in [1.82, 2.24) is 0 Å². The fourth-order valence-electron chi connectivity index (χ4n) is 0.825. The number of allylic oxidation sites excluding steroid dienone is 1. The fourth-order valence-corrected chi connectivity index (χ4v) is 0.825. The molecule has 4 nitrogen and oxygen atoms in total. The molecule has 1 rings (SSSR count). The largest absolute Gasteiger partial charge is 0.489 e. The normalized spacial score (nSPS) is 17.5. The van der Waals surface area contributed by atoms with Crippen LogP contribution < -0.4 is 5.73 Å². The number of carbonyl (C=O) groups excluding carboxylic acids is 2. The van der Waals surface area contributed by atoms with Crippen molar-refractivity contribution >= 4 is 11.7 Å². The highest BCUT2D eigenvalue weighted by Gasteiger charge is 2.25. The highest BCUT2D eigenvalue weighted by Crippen LogP contribution is 2.13. The molecule has 0 spiro atoms. The van der Waals surface area contributed by atoms with E-state index >= 15 is 0 Å². The lowest BCUT2D eigenvalue weighted by molar-refractivity contribution is -0.120. The molecule has 0 aromatic carbocycles. The molecule has 0 aliphatic carbocycles. The summed E-state index contributed by atoms with van der Waals surface area (Å²) < 4.78 is 4.77. The molecule has 1 aliphatic heterocycles. The SMILES string of the molecule is CC1=C(C(N)=O)C(=O)CO1. The first-order valence-electron chi connectivity index (χ1n) is 2.79. The van der Waals surface area contributed by atoms with Crippen LogP contribution >= 0.6 is 0 Å². The Morgan fingerprint density at radius 2 is 2.30 bits per heavy atom. The lowest BCUT2D eigenvalue weighted by Gasteiger charge is -1.91. The van der Waals surface area contributed by atoms with Crippen molar-refractivity contribution in [1.29, 1.82) is 0 Å². The predicted molar refractivity (Wildman–Crippen MR) is 32.9 cm³/mol. The van der Waals surface area contributed by atoms with Crippen molar-refractivity contribution in [2.45, 2.75) is 6.92 Å². The molecule has 0 aromatic rings. The van der Waals surface area contributed by atoms with Crippen LogP contribution in [0, 0.1) is 0 Å². The van der Waals surface area contributed by atoms with Crippen molar-refractivity contribution in [2.24, 2.45) is 5.73 Å². The van der Waals surface area contributed by atoms with E-state index in [1.165, 1.54) is 0 Å². The summed E-state index contributed by atoms with van der Waals surface area (Å²) in [4.78, 5) is 21.2. The summed E-state index contributed by atoms with van der Waals surface area (Å²) in [7, 11) is 0. The Bertz CT molecular complexity index is 229. The predicted octanol–water partition coefficient (Wildman–Crippen LogP) is -0.655. The molecule has 1 aliphatic rings. The van der Waals surface area contributed by atoms with E-state index in [0.29, 0.717) is 5.76 Å². The average Bonchev–Trinajstić information content (AvgIpc) is 2.11. The molecule has 10 heavy (non-hydrogen) atoms. The zero-order valence-electron chi connectivity index (χ0n) is 5.51. The van der Waals surface area contributed by atoms with Crippen molar-refractivity contribution in [3.8, 4) is 0 Å². The molecule has 0 saturated carbocycles. The average molecular weight is 141 g/mol. The summed E-state index contributed by atoms with van der Waals surface area (Å²) in [5, 5.41) is 0. The molecular formula is C6H7NO3. The summed E-state index contributed by atoms with van der Waals surface area (Å²) in [5.41, 5.74) is 4.88. The lowest BCUT2D eigenvalue weighted by Crippen LogP contribution is -2.19. The Morgan fingerprint density at radius 3 is 2.50 bits per heavy atom. The lowest BCUT2D eigenvalue weighted by atomic mass is 10.2. The highest BCUT2D eigenvalue weighted by atomic mass is 16.5. The van der Waals surface area contributed by atoms with E-state index in [1.54, 1.807) is 6.92 Å². The molecular weight excluding hydrogens is 134 g/mol. The summed E-state index contributed by atoms with van der Waals surface area (Å²) in [6.45, 7) is 1.50. The van der Waals surface area contributed by atoms with Gasteiger partial charge in [-0.05, 0) is 6.92 Å². The second-order valence-corrected chi connectivity index (χ2v) is 2.01. The molecule has 0 unspecified atom stereocenters. The van der Waals surface area contributed by atoms with E-state index < -0.39 is 5.91 Å². The quantitative estimate of drug-likeness (QED) is 0.493. The first-order valence-corrected chi connectivity index (χ1v) is 2.79. The van der Waals surface area contributed by atoms with Crippen molar-refractivity contribution < 1.29 is 14.3 Å². The van der Waals surface area contributed by atoms with Gasteiger partial charge in [-0.25, -0.2) is 0 Å². The van der Waals surface area contributed by atoms with Gasteiger partial charge in [0.25, 0.3) is 5.91 Å². The Morgan fingerprint density at radius 1 is 1.70 bits per heavy atom. The molecule has 1 amide bonds. The summed E-state index contributed by atoms with van der Waals surface area (Å²) >= 11 is 0. The molecule has 0 radical (unpaired) electrons. The zero-order chi connectivity index (χ0) is 7.72. The van der Waals surface area contributed by atoms with Crippen LogP contribution in [0.4, 0.5) is 0 Å². The first kappa shape index (κ1) is 6.80. The number of carbonyl (C=O) groups is 2. The minimum absolute atomic E-state index is 0.000000000000000222. The third-order valence-electron chi connectivity index (χ3n) is 1.30. The van der Waals surface area contributed by atoms with E-state index in [4.69, 9.17) is 10.5 Å². The number of ether oxygens (including phenoxy) is 1. The molecule has 0 atom stereocenters. The van der Waals surface area contributed by atoms with E-state index in [0.717, 1.165) is 0 Å². The third-order valence-corrected chi connectivity index (χ3v) is 1.30. The summed E-state index contributed by atoms with van der Waals surface area (Å²) in [6.07, 6.45) is 0. The van der Waals surface area contributed by atoms with Crippen LogP contribution in [-0.2, 0) is 14.3 Å². The summed E-state index contributed by atoms with van der Waals surface area (Å²) in [6, 6.07) is 0. The number of Topliss-reactive ketones (excluding diaryl/α,β-unsaturated/α-hetero) is 1. The monoisotopic (exact) mass is 141 g/mol. The van der Waals surface area contributed by atoms with Gasteiger partial charge in [-0.3, -0.25) is 9.59 Å². The van der Waals surface area contributed by atoms with Gasteiger partial charge in [0.15, 0.2) is 6.61 Å². The molecule has 0 fully saturated rings. The van der Waals surface area contributed by atoms with E-state index in [9.17, 15) is 9.59 Å². The molecule has 1 heterocycles. The number of rotatable bonds is 1. The maximum Gasteiger partial charge on any atom is 0.255 e. The Labute approximate surface area is 57.6 Å². The second-order valence-electron chi connectivity index (χ2n) is 2.01. The Balaban J connectivity index is 2.99. The molecule has 2 N–H and O–H groups in total. The first-order chi connectivity index (χ1) is 4.63. The minimum atomic E-state index is -0.708. The molecule has 0 aromatic heterocycles.